The summed E-state index contributed by atoms with van der Waals surface area (Å²) in [6.07, 6.45) is 0. The van der Waals surface area contributed by atoms with Crippen molar-refractivity contribution in [3.05, 3.63) is 64.1 Å². The number of halogens is 1. The monoisotopic (exact) mass is 348 g/mol. The van der Waals surface area contributed by atoms with Crippen molar-refractivity contribution >= 4 is 44.9 Å². The summed E-state index contributed by atoms with van der Waals surface area (Å²) in [6, 6.07) is 14.9. The Labute approximate surface area is 131 Å². The fraction of sp³-hybridized carbons (Fsp3) is 0.0667. The molecule has 0 fully saturated rings. The summed E-state index contributed by atoms with van der Waals surface area (Å²) in [5.74, 6) is -0.212. The summed E-state index contributed by atoms with van der Waals surface area (Å²) in [5.41, 5.74) is 2.34. The molecule has 0 aromatic heterocycles. The summed E-state index contributed by atoms with van der Waals surface area (Å²) < 4.78 is 0.940. The third-order valence-corrected chi connectivity index (χ3v) is 3.40. The largest absolute Gasteiger partial charge is 0.332 e. The maximum atomic E-state index is 12.1. The number of hydrogen-bond acceptors (Lipinski definition) is 2. The van der Waals surface area contributed by atoms with E-state index in [-0.39, 0.29) is 11.0 Å². The van der Waals surface area contributed by atoms with Gasteiger partial charge in [0.1, 0.15) is 0 Å². The van der Waals surface area contributed by atoms with Gasteiger partial charge in [-0.05, 0) is 49.0 Å². The quantitative estimate of drug-likeness (QED) is 0.809. The molecule has 2 rings (SSSR count). The molecule has 2 N–H and O–H groups in total. The van der Waals surface area contributed by atoms with Gasteiger partial charge in [-0.1, -0.05) is 40.2 Å². The smallest absolute Gasteiger partial charge is 0.257 e. The van der Waals surface area contributed by atoms with E-state index in [4.69, 9.17) is 12.2 Å². The van der Waals surface area contributed by atoms with Crippen LogP contribution in [0.15, 0.2) is 53.0 Å². The molecule has 5 heteroatoms. The lowest BCUT2D eigenvalue weighted by atomic mass is 10.1. The van der Waals surface area contributed by atoms with Crippen LogP contribution in [0.25, 0.3) is 0 Å². The lowest BCUT2D eigenvalue weighted by Crippen LogP contribution is -2.34. The zero-order valence-corrected chi connectivity index (χ0v) is 13.2. The second kappa shape index (κ2) is 6.63. The number of thiocarbonyl (C=S) groups is 1. The van der Waals surface area contributed by atoms with Gasteiger partial charge in [0.05, 0.1) is 0 Å². The summed E-state index contributed by atoms with van der Waals surface area (Å²) in [7, 11) is 0. The Morgan fingerprint density at radius 3 is 2.60 bits per heavy atom. The van der Waals surface area contributed by atoms with Gasteiger partial charge in [-0.15, -0.1) is 0 Å². The predicted octanol–water partition coefficient (Wildman–Crippen LogP) is 3.88. The molecule has 0 radical (unpaired) electrons. The number of amides is 1. The van der Waals surface area contributed by atoms with Crippen LogP contribution in [-0.2, 0) is 0 Å². The number of anilines is 1. The van der Waals surface area contributed by atoms with Crippen molar-refractivity contribution in [2.24, 2.45) is 0 Å². The predicted molar refractivity (Wildman–Crippen MR) is 89.0 cm³/mol. The second-order valence-electron chi connectivity index (χ2n) is 4.23. The Balaban J connectivity index is 2.02. The molecular weight excluding hydrogens is 336 g/mol. The molecule has 0 atom stereocenters. The van der Waals surface area contributed by atoms with E-state index in [1.165, 1.54) is 0 Å². The first kappa shape index (κ1) is 14.7. The van der Waals surface area contributed by atoms with Crippen molar-refractivity contribution in [3.63, 3.8) is 0 Å². The molecule has 0 saturated heterocycles. The zero-order chi connectivity index (χ0) is 14.5. The van der Waals surface area contributed by atoms with Gasteiger partial charge in [-0.25, -0.2) is 0 Å². The summed E-state index contributed by atoms with van der Waals surface area (Å²) in [5, 5.41) is 5.92. The first-order valence-electron chi connectivity index (χ1n) is 6.00. The molecule has 0 aliphatic carbocycles. The Bertz CT molecular complexity index is 658. The summed E-state index contributed by atoms with van der Waals surface area (Å²) in [4.78, 5) is 12.1. The van der Waals surface area contributed by atoms with Crippen molar-refractivity contribution < 1.29 is 4.79 Å². The lowest BCUT2D eigenvalue weighted by Gasteiger charge is -2.11. The van der Waals surface area contributed by atoms with Gasteiger partial charge >= 0.3 is 0 Å². The molecule has 0 unspecified atom stereocenters. The Morgan fingerprint density at radius 2 is 1.90 bits per heavy atom. The number of benzene rings is 2. The Morgan fingerprint density at radius 1 is 1.15 bits per heavy atom. The molecule has 0 aliphatic rings. The zero-order valence-electron chi connectivity index (χ0n) is 10.8. The molecule has 0 heterocycles. The van der Waals surface area contributed by atoms with Gasteiger partial charge < -0.3 is 5.32 Å². The minimum Gasteiger partial charge on any atom is -0.332 e. The first-order chi connectivity index (χ1) is 9.56. The number of carbonyl (C=O) groups excluding carboxylic acids is 1. The number of carbonyl (C=O) groups is 1. The van der Waals surface area contributed by atoms with E-state index < -0.39 is 0 Å². The maximum absolute atomic E-state index is 12.1. The van der Waals surface area contributed by atoms with Crippen molar-refractivity contribution in [2.75, 3.05) is 5.32 Å². The molecular formula is C15H13BrN2OS. The highest BCUT2D eigenvalue weighted by molar-refractivity contribution is 9.10. The fourth-order valence-corrected chi connectivity index (χ4v) is 2.34. The number of aryl methyl sites for hydroxylation is 1. The van der Waals surface area contributed by atoms with E-state index in [2.05, 4.69) is 26.6 Å². The minimum atomic E-state index is -0.212. The molecule has 102 valence electrons. The molecule has 0 aliphatic heterocycles. The fourth-order valence-electron chi connectivity index (χ4n) is 1.73. The SMILES string of the molecule is Cc1ccccc1C(=O)NC(=S)Nc1cccc(Br)c1. The normalized spacial score (nSPS) is 9.90. The van der Waals surface area contributed by atoms with Gasteiger partial charge in [0, 0.05) is 15.7 Å². The van der Waals surface area contributed by atoms with Gasteiger partial charge in [-0.3, -0.25) is 10.1 Å². The van der Waals surface area contributed by atoms with Crippen LogP contribution in [0.5, 0.6) is 0 Å². The van der Waals surface area contributed by atoms with Gasteiger partial charge in [0.25, 0.3) is 5.91 Å². The van der Waals surface area contributed by atoms with E-state index >= 15 is 0 Å². The van der Waals surface area contributed by atoms with E-state index in [0.29, 0.717) is 5.56 Å². The Hall–Kier alpha value is -1.72. The van der Waals surface area contributed by atoms with Crippen LogP contribution >= 0.6 is 28.1 Å². The average Bonchev–Trinajstić information content (AvgIpc) is 2.38. The van der Waals surface area contributed by atoms with Crippen LogP contribution in [0.1, 0.15) is 15.9 Å². The molecule has 3 nitrogen and oxygen atoms in total. The van der Waals surface area contributed by atoms with Gasteiger partial charge in [0.15, 0.2) is 5.11 Å². The van der Waals surface area contributed by atoms with Gasteiger partial charge in [0.2, 0.25) is 0 Å². The minimum absolute atomic E-state index is 0.212. The molecule has 0 saturated carbocycles. The topological polar surface area (TPSA) is 41.1 Å². The highest BCUT2D eigenvalue weighted by Gasteiger charge is 2.09. The van der Waals surface area contributed by atoms with E-state index in [0.717, 1.165) is 15.7 Å². The Kier molecular flexibility index (Phi) is 4.87. The second-order valence-corrected chi connectivity index (χ2v) is 5.56. The van der Waals surface area contributed by atoms with Gasteiger partial charge in [-0.2, -0.15) is 0 Å². The highest BCUT2D eigenvalue weighted by atomic mass is 79.9. The summed E-state index contributed by atoms with van der Waals surface area (Å²) >= 11 is 8.52. The van der Waals surface area contributed by atoms with E-state index in [1.807, 2.05) is 49.4 Å². The van der Waals surface area contributed by atoms with Crippen LogP contribution < -0.4 is 10.6 Å². The van der Waals surface area contributed by atoms with Crippen LogP contribution in [-0.4, -0.2) is 11.0 Å². The molecule has 20 heavy (non-hydrogen) atoms. The molecule has 0 bridgehead atoms. The number of nitrogens with one attached hydrogen (secondary N) is 2. The average molecular weight is 349 g/mol. The first-order valence-corrected chi connectivity index (χ1v) is 7.20. The van der Waals surface area contributed by atoms with Crippen LogP contribution in [0, 0.1) is 6.92 Å². The van der Waals surface area contributed by atoms with Crippen LogP contribution in [0.3, 0.4) is 0 Å². The van der Waals surface area contributed by atoms with E-state index in [9.17, 15) is 4.79 Å². The van der Waals surface area contributed by atoms with Crippen molar-refractivity contribution in [1.82, 2.24) is 5.32 Å². The standard InChI is InChI=1S/C15H13BrN2OS/c1-10-5-2-3-8-13(10)14(19)18-15(20)17-12-7-4-6-11(16)9-12/h2-9H,1H3,(H2,17,18,19,20). The highest BCUT2D eigenvalue weighted by Crippen LogP contribution is 2.15. The van der Waals surface area contributed by atoms with Crippen molar-refractivity contribution in [1.29, 1.82) is 0 Å². The maximum Gasteiger partial charge on any atom is 0.257 e. The van der Waals surface area contributed by atoms with E-state index in [1.54, 1.807) is 6.07 Å². The molecule has 2 aromatic rings. The van der Waals surface area contributed by atoms with Crippen LogP contribution in [0.4, 0.5) is 5.69 Å². The lowest BCUT2D eigenvalue weighted by molar-refractivity contribution is 0.0977. The van der Waals surface area contributed by atoms with Crippen LogP contribution in [0.2, 0.25) is 0 Å². The van der Waals surface area contributed by atoms with Crippen molar-refractivity contribution in [3.8, 4) is 0 Å². The third-order valence-electron chi connectivity index (χ3n) is 2.70. The number of hydrogen-bond donors (Lipinski definition) is 2. The number of rotatable bonds is 2. The van der Waals surface area contributed by atoms with Crippen molar-refractivity contribution in [2.45, 2.75) is 6.92 Å². The molecule has 1 amide bonds. The molecule has 0 spiro atoms. The molecule has 2 aromatic carbocycles. The third kappa shape index (κ3) is 3.88. The summed E-state index contributed by atoms with van der Waals surface area (Å²) in [6.45, 7) is 1.89.